The van der Waals surface area contributed by atoms with Crippen LogP contribution in [0, 0.1) is 6.92 Å². The number of rotatable bonds is 1. The molecule has 1 aromatic heterocycles. The van der Waals surface area contributed by atoms with Gasteiger partial charge in [0, 0.05) is 12.7 Å². The van der Waals surface area contributed by atoms with Crippen LogP contribution in [-0.2, 0) is 4.74 Å². The Morgan fingerprint density at radius 2 is 2.36 bits per heavy atom. The van der Waals surface area contributed by atoms with Crippen molar-refractivity contribution in [3.63, 3.8) is 0 Å². The summed E-state index contributed by atoms with van der Waals surface area (Å²) >= 11 is 6.00. The number of aromatic nitrogens is 2. The van der Waals surface area contributed by atoms with Crippen molar-refractivity contribution in [1.82, 2.24) is 15.3 Å². The molecule has 2 unspecified atom stereocenters. The van der Waals surface area contributed by atoms with E-state index < -0.39 is 0 Å². The molecule has 0 spiro atoms. The molecule has 0 amide bonds. The Hall–Kier alpha value is -0.710. The molecule has 5 heteroatoms. The van der Waals surface area contributed by atoms with Crippen LogP contribution in [0.25, 0.3) is 0 Å². The third kappa shape index (κ3) is 2.03. The van der Waals surface area contributed by atoms with Crippen LogP contribution in [0.3, 0.4) is 0 Å². The summed E-state index contributed by atoms with van der Waals surface area (Å²) in [7, 11) is 0. The Balaban J connectivity index is 2.16. The molecule has 1 aliphatic heterocycles. The van der Waals surface area contributed by atoms with Crippen LogP contribution in [-0.4, -0.2) is 28.7 Å². The first kappa shape index (κ1) is 9.83. The van der Waals surface area contributed by atoms with Crippen molar-refractivity contribution in [2.24, 2.45) is 0 Å². The molecule has 0 saturated carbocycles. The first-order chi connectivity index (χ1) is 6.77. The largest absolute Gasteiger partial charge is 0.359 e. The van der Waals surface area contributed by atoms with Crippen LogP contribution in [0.15, 0.2) is 12.4 Å². The molecule has 1 saturated heterocycles. The van der Waals surface area contributed by atoms with Crippen molar-refractivity contribution in [2.45, 2.75) is 18.5 Å². The zero-order valence-corrected chi connectivity index (χ0v) is 8.66. The molecule has 76 valence electrons. The summed E-state index contributed by atoms with van der Waals surface area (Å²) in [6.45, 7) is 3.34. The maximum absolute atomic E-state index is 6.00. The van der Waals surface area contributed by atoms with E-state index in [0.29, 0.717) is 6.61 Å². The molecule has 1 aliphatic rings. The number of morpholine rings is 1. The van der Waals surface area contributed by atoms with E-state index in [1.165, 1.54) is 0 Å². The molecule has 0 aliphatic carbocycles. The summed E-state index contributed by atoms with van der Waals surface area (Å²) in [5.41, 5.74) is 1.37. The molecule has 2 heterocycles. The molecule has 1 fully saturated rings. The Morgan fingerprint density at radius 3 is 3.00 bits per heavy atom. The van der Waals surface area contributed by atoms with Crippen molar-refractivity contribution in [3.05, 3.63) is 23.8 Å². The first-order valence-corrected chi connectivity index (χ1v) is 4.98. The van der Waals surface area contributed by atoms with E-state index in [4.69, 9.17) is 16.3 Å². The van der Waals surface area contributed by atoms with E-state index in [9.17, 15) is 0 Å². The molecule has 0 aromatic carbocycles. The van der Waals surface area contributed by atoms with Gasteiger partial charge in [0.15, 0.2) is 5.56 Å². The van der Waals surface area contributed by atoms with Crippen molar-refractivity contribution >= 4 is 11.6 Å². The first-order valence-electron chi connectivity index (χ1n) is 4.55. The van der Waals surface area contributed by atoms with Gasteiger partial charge in [0.2, 0.25) is 0 Å². The quantitative estimate of drug-likeness (QED) is 0.708. The van der Waals surface area contributed by atoms with E-state index in [2.05, 4.69) is 15.3 Å². The van der Waals surface area contributed by atoms with Crippen LogP contribution >= 0.6 is 11.6 Å². The summed E-state index contributed by atoms with van der Waals surface area (Å²) in [5, 5.41) is 3.25. The van der Waals surface area contributed by atoms with Crippen molar-refractivity contribution in [2.75, 3.05) is 13.2 Å². The SMILES string of the molecule is Cc1cnc(C2NCCOC2Cl)cn1. The molecule has 2 rings (SSSR count). The Morgan fingerprint density at radius 1 is 1.50 bits per heavy atom. The minimum Gasteiger partial charge on any atom is -0.359 e. The van der Waals surface area contributed by atoms with Crippen LogP contribution in [0.1, 0.15) is 17.4 Å². The highest BCUT2D eigenvalue weighted by Gasteiger charge is 2.26. The minimum absolute atomic E-state index is 0.0569. The van der Waals surface area contributed by atoms with Crippen molar-refractivity contribution < 1.29 is 4.74 Å². The van der Waals surface area contributed by atoms with E-state index in [0.717, 1.165) is 17.9 Å². The fourth-order valence-corrected chi connectivity index (χ4v) is 1.68. The molecule has 1 N–H and O–H groups in total. The second-order valence-corrected chi connectivity index (χ2v) is 3.67. The highest BCUT2D eigenvalue weighted by atomic mass is 35.5. The van der Waals surface area contributed by atoms with Gasteiger partial charge in [-0.25, -0.2) is 0 Å². The number of hydrogen-bond acceptors (Lipinski definition) is 4. The predicted molar refractivity (Wildman–Crippen MR) is 53.1 cm³/mol. The predicted octanol–water partition coefficient (Wildman–Crippen LogP) is 1.01. The smallest absolute Gasteiger partial charge is 0.152 e. The number of ether oxygens (including phenoxy) is 1. The second kappa shape index (κ2) is 4.21. The summed E-state index contributed by atoms with van der Waals surface area (Å²) in [5.74, 6) is 0. The zero-order chi connectivity index (χ0) is 9.97. The van der Waals surface area contributed by atoms with Gasteiger partial charge in [0.25, 0.3) is 0 Å². The molecular weight excluding hydrogens is 202 g/mol. The van der Waals surface area contributed by atoms with Gasteiger partial charge in [-0.2, -0.15) is 0 Å². The minimum atomic E-state index is -0.360. The lowest BCUT2D eigenvalue weighted by molar-refractivity contribution is 0.0460. The second-order valence-electron chi connectivity index (χ2n) is 3.24. The third-order valence-electron chi connectivity index (χ3n) is 2.13. The fraction of sp³-hybridized carbons (Fsp3) is 0.556. The lowest BCUT2D eigenvalue weighted by atomic mass is 10.2. The van der Waals surface area contributed by atoms with E-state index in [1.807, 2.05) is 6.92 Å². The van der Waals surface area contributed by atoms with Crippen LogP contribution < -0.4 is 5.32 Å². The number of halogens is 1. The zero-order valence-electron chi connectivity index (χ0n) is 7.90. The molecule has 0 radical (unpaired) electrons. The van der Waals surface area contributed by atoms with Gasteiger partial charge in [0.1, 0.15) is 0 Å². The molecule has 4 nitrogen and oxygen atoms in total. The van der Waals surface area contributed by atoms with E-state index in [-0.39, 0.29) is 11.6 Å². The topological polar surface area (TPSA) is 47.0 Å². The van der Waals surface area contributed by atoms with Gasteiger partial charge < -0.3 is 10.1 Å². The van der Waals surface area contributed by atoms with Crippen LogP contribution in [0.4, 0.5) is 0 Å². The average Bonchev–Trinajstić information content (AvgIpc) is 2.20. The molecular formula is C9H12ClN3O. The lowest BCUT2D eigenvalue weighted by Crippen LogP contribution is -2.39. The number of nitrogens with zero attached hydrogens (tertiary/aromatic N) is 2. The summed E-state index contributed by atoms with van der Waals surface area (Å²) < 4.78 is 5.31. The Bertz CT molecular complexity index is 303. The molecule has 0 bridgehead atoms. The Kier molecular flexibility index (Phi) is 2.96. The van der Waals surface area contributed by atoms with Gasteiger partial charge in [-0.3, -0.25) is 9.97 Å². The fourth-order valence-electron chi connectivity index (χ4n) is 1.38. The number of nitrogens with one attached hydrogen (secondary N) is 1. The summed E-state index contributed by atoms with van der Waals surface area (Å²) in [6.07, 6.45) is 3.46. The van der Waals surface area contributed by atoms with Crippen LogP contribution in [0.2, 0.25) is 0 Å². The third-order valence-corrected chi connectivity index (χ3v) is 2.50. The lowest BCUT2D eigenvalue weighted by Gasteiger charge is -2.27. The molecule has 1 aromatic rings. The highest BCUT2D eigenvalue weighted by molar-refractivity contribution is 6.20. The summed E-state index contributed by atoms with van der Waals surface area (Å²) in [4.78, 5) is 8.43. The maximum Gasteiger partial charge on any atom is 0.152 e. The highest BCUT2D eigenvalue weighted by Crippen LogP contribution is 2.22. The standard InChI is InChI=1S/C9H12ClN3O/c1-6-4-13-7(5-12-6)8-9(10)14-3-2-11-8/h4-5,8-9,11H,2-3H2,1H3. The maximum atomic E-state index is 6.00. The number of aryl methyl sites for hydroxylation is 1. The van der Waals surface area contributed by atoms with Gasteiger partial charge in [-0.15, -0.1) is 0 Å². The van der Waals surface area contributed by atoms with Gasteiger partial charge >= 0.3 is 0 Å². The molecule has 14 heavy (non-hydrogen) atoms. The van der Waals surface area contributed by atoms with Gasteiger partial charge in [-0.1, -0.05) is 11.6 Å². The van der Waals surface area contributed by atoms with Crippen molar-refractivity contribution in [1.29, 1.82) is 0 Å². The monoisotopic (exact) mass is 213 g/mol. The van der Waals surface area contributed by atoms with Crippen molar-refractivity contribution in [3.8, 4) is 0 Å². The Labute approximate surface area is 87.7 Å². The normalized spacial score (nSPS) is 27.6. The van der Waals surface area contributed by atoms with E-state index in [1.54, 1.807) is 12.4 Å². The number of hydrogen-bond donors (Lipinski definition) is 1. The van der Waals surface area contributed by atoms with Gasteiger partial charge in [0.05, 0.1) is 30.2 Å². The van der Waals surface area contributed by atoms with E-state index >= 15 is 0 Å². The average molecular weight is 214 g/mol. The molecule has 2 atom stereocenters. The number of alkyl halides is 1. The summed E-state index contributed by atoms with van der Waals surface area (Å²) in [6, 6.07) is -0.0569. The van der Waals surface area contributed by atoms with Crippen LogP contribution in [0.5, 0.6) is 0 Å². The van der Waals surface area contributed by atoms with Gasteiger partial charge in [-0.05, 0) is 6.92 Å².